The molecule has 0 atom stereocenters. The third kappa shape index (κ3) is 3.78. The topological polar surface area (TPSA) is 75.6 Å². The Bertz CT molecular complexity index is 462. The van der Waals surface area contributed by atoms with Gasteiger partial charge in [0.1, 0.15) is 5.75 Å². The van der Waals surface area contributed by atoms with Gasteiger partial charge in [0, 0.05) is 0 Å². The van der Waals surface area contributed by atoms with Crippen LogP contribution in [0.1, 0.15) is 17.3 Å². The maximum absolute atomic E-state index is 11.4. The van der Waals surface area contributed by atoms with Crippen LogP contribution in [-0.2, 0) is 9.53 Å². The lowest BCUT2D eigenvalue weighted by atomic mass is 10.2. The van der Waals surface area contributed by atoms with Gasteiger partial charge in [0.05, 0.1) is 17.9 Å². The molecule has 7 heteroatoms. The van der Waals surface area contributed by atoms with Gasteiger partial charge >= 0.3 is 5.97 Å². The molecule has 0 heterocycles. The zero-order chi connectivity index (χ0) is 13.7. The van der Waals surface area contributed by atoms with Gasteiger partial charge in [-0.3, -0.25) is 4.79 Å². The second-order valence-electron chi connectivity index (χ2n) is 3.24. The Labute approximate surface area is 114 Å². The van der Waals surface area contributed by atoms with Crippen LogP contribution in [0.4, 0.5) is 5.69 Å². The van der Waals surface area contributed by atoms with E-state index in [4.69, 9.17) is 27.9 Å². The molecule has 0 aliphatic heterocycles. The molecule has 0 bridgehead atoms. The van der Waals surface area contributed by atoms with Crippen molar-refractivity contribution in [2.45, 2.75) is 11.8 Å². The summed E-state index contributed by atoms with van der Waals surface area (Å²) in [6.07, 6.45) is 0. The number of esters is 1. The molecule has 0 aliphatic carbocycles. The van der Waals surface area contributed by atoms with Gasteiger partial charge < -0.3 is 15.2 Å². The average molecular weight is 292 g/mol. The van der Waals surface area contributed by atoms with Crippen molar-refractivity contribution in [3.05, 3.63) is 23.8 Å². The molecule has 0 fully saturated rings. The van der Waals surface area contributed by atoms with Crippen LogP contribution in [0.3, 0.4) is 0 Å². The van der Waals surface area contributed by atoms with Crippen LogP contribution in [0.5, 0.6) is 5.75 Å². The molecule has 1 aromatic carbocycles. The number of rotatable bonds is 4. The number of amides is 1. The van der Waals surface area contributed by atoms with Crippen molar-refractivity contribution in [1.29, 1.82) is 0 Å². The van der Waals surface area contributed by atoms with Crippen molar-refractivity contribution in [2.24, 2.45) is 0 Å². The van der Waals surface area contributed by atoms with Crippen molar-refractivity contribution in [2.75, 3.05) is 11.9 Å². The predicted octanol–water partition coefficient (Wildman–Crippen LogP) is 2.31. The second kappa shape index (κ2) is 6.47. The Morgan fingerprint density at radius 1 is 1.44 bits per heavy atom. The quantitative estimate of drug-likeness (QED) is 0.507. The highest BCUT2D eigenvalue weighted by atomic mass is 35.5. The lowest BCUT2D eigenvalue weighted by Gasteiger charge is -2.09. The number of benzene rings is 1. The number of ether oxygens (including phenoxy) is 1. The van der Waals surface area contributed by atoms with E-state index >= 15 is 0 Å². The second-order valence-corrected chi connectivity index (χ2v) is 4.34. The fourth-order valence-corrected chi connectivity index (χ4v) is 1.28. The standard InChI is InChI=1S/C11H11Cl2NO4/c1-2-18-11(17)6-3-4-7(8(15)5-6)14-10(16)9(12)13/h3-5,9,15H,2H2,1H3,(H,14,16). The summed E-state index contributed by atoms with van der Waals surface area (Å²) in [6, 6.07) is 3.95. The Hall–Kier alpha value is -1.46. The molecule has 0 radical (unpaired) electrons. The van der Waals surface area contributed by atoms with Gasteiger partial charge in [0.15, 0.2) is 4.84 Å². The molecule has 0 saturated heterocycles. The minimum Gasteiger partial charge on any atom is -0.506 e. The SMILES string of the molecule is CCOC(=O)c1ccc(NC(=O)C(Cl)Cl)c(O)c1. The fraction of sp³-hybridized carbons (Fsp3) is 0.273. The number of carbonyl (C=O) groups excluding carboxylic acids is 2. The van der Waals surface area contributed by atoms with E-state index in [9.17, 15) is 14.7 Å². The molecule has 98 valence electrons. The van der Waals surface area contributed by atoms with Gasteiger partial charge in [-0.2, -0.15) is 0 Å². The summed E-state index contributed by atoms with van der Waals surface area (Å²) in [6.45, 7) is 1.91. The van der Waals surface area contributed by atoms with Gasteiger partial charge in [0.25, 0.3) is 5.91 Å². The first-order valence-electron chi connectivity index (χ1n) is 5.04. The fourth-order valence-electron chi connectivity index (χ4n) is 1.17. The molecular formula is C11H11Cl2NO4. The van der Waals surface area contributed by atoms with E-state index in [0.29, 0.717) is 0 Å². The molecule has 1 amide bonds. The van der Waals surface area contributed by atoms with Crippen LogP contribution in [0.2, 0.25) is 0 Å². The number of anilines is 1. The van der Waals surface area contributed by atoms with Crippen LogP contribution in [0.15, 0.2) is 18.2 Å². The summed E-state index contributed by atoms with van der Waals surface area (Å²) < 4.78 is 4.76. The normalized spacial score (nSPS) is 10.2. The maximum Gasteiger partial charge on any atom is 0.338 e. The highest BCUT2D eigenvalue weighted by Crippen LogP contribution is 2.25. The number of hydrogen-bond acceptors (Lipinski definition) is 4. The Balaban J connectivity index is 2.86. The summed E-state index contributed by atoms with van der Waals surface area (Å²) in [5.74, 6) is -1.50. The van der Waals surface area contributed by atoms with Gasteiger partial charge in [0.2, 0.25) is 0 Å². The number of phenolic OH excluding ortho intramolecular Hbond substituents is 1. The van der Waals surface area contributed by atoms with Crippen LogP contribution in [-0.4, -0.2) is 28.4 Å². The van der Waals surface area contributed by atoms with Crippen LogP contribution in [0.25, 0.3) is 0 Å². The minimum atomic E-state index is -1.24. The smallest absolute Gasteiger partial charge is 0.338 e. The predicted molar refractivity (Wildman–Crippen MR) is 68.2 cm³/mol. The van der Waals surface area contributed by atoms with Crippen molar-refractivity contribution in [1.82, 2.24) is 0 Å². The molecule has 0 aromatic heterocycles. The van der Waals surface area contributed by atoms with Gasteiger partial charge in [-0.25, -0.2) is 4.79 Å². The highest BCUT2D eigenvalue weighted by Gasteiger charge is 2.15. The largest absolute Gasteiger partial charge is 0.506 e. The van der Waals surface area contributed by atoms with E-state index in [1.165, 1.54) is 18.2 Å². The summed E-state index contributed by atoms with van der Waals surface area (Å²) in [5.41, 5.74) is 0.292. The van der Waals surface area contributed by atoms with E-state index in [-0.39, 0.29) is 23.6 Å². The highest BCUT2D eigenvalue weighted by molar-refractivity contribution is 6.54. The van der Waals surface area contributed by atoms with Gasteiger partial charge in [-0.05, 0) is 25.1 Å². The molecule has 1 rings (SSSR count). The number of carbonyl (C=O) groups is 2. The number of halogens is 2. The summed E-state index contributed by atoms with van der Waals surface area (Å²) >= 11 is 10.7. The number of nitrogens with one attached hydrogen (secondary N) is 1. The number of alkyl halides is 2. The van der Waals surface area contributed by atoms with E-state index in [0.717, 1.165) is 0 Å². The van der Waals surface area contributed by atoms with Crippen LogP contribution >= 0.6 is 23.2 Å². The Morgan fingerprint density at radius 2 is 2.11 bits per heavy atom. The van der Waals surface area contributed by atoms with Crippen molar-refractivity contribution >= 4 is 40.8 Å². The molecule has 0 saturated carbocycles. The molecule has 18 heavy (non-hydrogen) atoms. The zero-order valence-corrected chi connectivity index (χ0v) is 11.0. The van der Waals surface area contributed by atoms with E-state index in [1.807, 2.05) is 0 Å². The summed E-state index contributed by atoms with van der Waals surface area (Å²) in [7, 11) is 0. The van der Waals surface area contributed by atoms with Gasteiger partial charge in [-0.15, -0.1) is 0 Å². The van der Waals surface area contributed by atoms with Crippen LogP contribution < -0.4 is 5.32 Å². The van der Waals surface area contributed by atoms with Gasteiger partial charge in [-0.1, -0.05) is 23.2 Å². The van der Waals surface area contributed by atoms with Crippen LogP contribution in [0, 0.1) is 0 Å². The Morgan fingerprint density at radius 3 is 2.61 bits per heavy atom. The number of phenols is 1. The number of hydrogen-bond donors (Lipinski definition) is 2. The lowest BCUT2D eigenvalue weighted by Crippen LogP contribution is -2.18. The molecule has 0 aliphatic rings. The van der Waals surface area contributed by atoms with Crippen molar-refractivity contribution < 1.29 is 19.4 Å². The lowest BCUT2D eigenvalue weighted by molar-refractivity contribution is -0.114. The Kier molecular flexibility index (Phi) is 5.25. The molecule has 1 aromatic rings. The average Bonchev–Trinajstić information content (AvgIpc) is 2.31. The first kappa shape index (κ1) is 14.6. The molecule has 0 unspecified atom stereocenters. The minimum absolute atomic E-state index is 0.111. The zero-order valence-electron chi connectivity index (χ0n) is 9.44. The molecule has 5 nitrogen and oxygen atoms in total. The van der Waals surface area contributed by atoms with E-state index in [2.05, 4.69) is 5.32 Å². The first-order chi connectivity index (χ1) is 8.45. The molecule has 2 N–H and O–H groups in total. The molecule has 0 spiro atoms. The molecular weight excluding hydrogens is 281 g/mol. The monoisotopic (exact) mass is 291 g/mol. The van der Waals surface area contributed by atoms with E-state index in [1.54, 1.807) is 6.92 Å². The van der Waals surface area contributed by atoms with E-state index < -0.39 is 16.7 Å². The third-order valence-corrected chi connectivity index (χ3v) is 2.36. The summed E-state index contributed by atoms with van der Waals surface area (Å²) in [5, 5.41) is 11.9. The maximum atomic E-state index is 11.4. The first-order valence-corrected chi connectivity index (χ1v) is 5.92. The van der Waals surface area contributed by atoms with Crippen molar-refractivity contribution in [3.63, 3.8) is 0 Å². The number of aromatic hydroxyl groups is 1. The summed E-state index contributed by atoms with van der Waals surface area (Å²) in [4.78, 5) is 21.3. The van der Waals surface area contributed by atoms with Crippen molar-refractivity contribution in [3.8, 4) is 5.75 Å². The third-order valence-electron chi connectivity index (χ3n) is 1.96.